The number of hydrogen-bond donors (Lipinski definition) is 0. The summed E-state index contributed by atoms with van der Waals surface area (Å²) < 4.78 is 15.6. The lowest BCUT2D eigenvalue weighted by atomic mass is 9.82. The van der Waals surface area contributed by atoms with E-state index in [0.29, 0.717) is 5.56 Å². The third-order valence-electron chi connectivity index (χ3n) is 7.25. The van der Waals surface area contributed by atoms with Gasteiger partial charge in [0, 0.05) is 42.9 Å². The minimum Gasteiger partial charge on any atom is -0.378 e. The smallest absolute Gasteiger partial charge is 0.229 e. The predicted molar refractivity (Wildman–Crippen MR) is 153 cm³/mol. The van der Waals surface area contributed by atoms with Gasteiger partial charge >= 0.3 is 0 Å². The maximum atomic E-state index is 15.6. The number of hydrogen-bond acceptors (Lipinski definition) is 2. The fourth-order valence-electron chi connectivity index (χ4n) is 5.20. The van der Waals surface area contributed by atoms with E-state index in [0.717, 1.165) is 53.7 Å². The molecule has 3 aromatic rings. The summed E-state index contributed by atoms with van der Waals surface area (Å²) in [6, 6.07) is 21.5. The lowest BCUT2D eigenvalue weighted by Crippen LogP contribution is -2.40. The van der Waals surface area contributed by atoms with Crippen molar-refractivity contribution in [3.8, 4) is 11.1 Å². The van der Waals surface area contributed by atoms with Crippen molar-refractivity contribution in [1.29, 1.82) is 0 Å². The number of nitrogens with zero attached hydrogens (tertiary/aromatic N) is 2. The highest BCUT2D eigenvalue weighted by Gasteiger charge is 2.31. The molecule has 0 bridgehead atoms. The first-order valence-corrected chi connectivity index (χ1v) is 13.0. The number of benzene rings is 3. The van der Waals surface area contributed by atoms with E-state index in [-0.39, 0.29) is 17.6 Å². The molecule has 1 amide bonds. The number of rotatable bonds is 7. The lowest BCUT2D eigenvalue weighted by molar-refractivity contribution is -0.123. The van der Waals surface area contributed by atoms with Gasteiger partial charge < -0.3 is 9.80 Å². The summed E-state index contributed by atoms with van der Waals surface area (Å²) in [4.78, 5) is 17.7. The average molecular weight is 482 g/mol. The molecule has 0 spiro atoms. The summed E-state index contributed by atoms with van der Waals surface area (Å²) in [5, 5.41) is 0. The van der Waals surface area contributed by atoms with Gasteiger partial charge in [-0.2, -0.15) is 0 Å². The SMILES string of the molecule is BC(c1ccc(-c2ccc(N(C)C)cc2)cc1F)N(C(=O)C1CCCCC1)c1cccc(/C=C/C)c1. The number of halogens is 1. The van der Waals surface area contributed by atoms with Crippen LogP contribution >= 0.6 is 0 Å². The third kappa shape index (κ3) is 5.72. The van der Waals surface area contributed by atoms with Gasteiger partial charge in [-0.25, -0.2) is 4.39 Å². The highest BCUT2D eigenvalue weighted by molar-refractivity contribution is 6.18. The molecule has 0 heterocycles. The Bertz CT molecular complexity index is 1220. The van der Waals surface area contributed by atoms with Gasteiger partial charge in [-0.05, 0) is 66.8 Å². The van der Waals surface area contributed by atoms with E-state index in [1.165, 1.54) is 6.42 Å². The maximum Gasteiger partial charge on any atom is 0.229 e. The molecule has 0 aliphatic heterocycles. The van der Waals surface area contributed by atoms with Gasteiger partial charge in [0.2, 0.25) is 5.91 Å². The Morgan fingerprint density at radius 1 is 0.944 bits per heavy atom. The Hall–Kier alpha value is -3.34. The second-order valence-electron chi connectivity index (χ2n) is 9.99. The van der Waals surface area contributed by atoms with Gasteiger partial charge in [-0.15, -0.1) is 0 Å². The first-order chi connectivity index (χ1) is 17.4. The van der Waals surface area contributed by atoms with Crippen molar-refractivity contribution in [3.63, 3.8) is 0 Å². The molecule has 5 heteroatoms. The average Bonchev–Trinajstić information content (AvgIpc) is 2.89. The second kappa shape index (κ2) is 11.6. The van der Waals surface area contributed by atoms with Gasteiger partial charge in [0.15, 0.2) is 0 Å². The molecule has 186 valence electrons. The topological polar surface area (TPSA) is 23.6 Å². The highest BCUT2D eigenvalue weighted by atomic mass is 19.1. The summed E-state index contributed by atoms with van der Waals surface area (Å²) in [5.74, 6) is -0.625. The molecule has 1 unspecified atom stereocenters. The van der Waals surface area contributed by atoms with E-state index in [1.807, 2.05) is 111 Å². The molecule has 1 fully saturated rings. The van der Waals surface area contributed by atoms with Crippen LogP contribution in [0.5, 0.6) is 0 Å². The van der Waals surface area contributed by atoms with Crippen LogP contribution in [0.4, 0.5) is 15.8 Å². The van der Waals surface area contributed by atoms with Gasteiger partial charge in [0.05, 0.1) is 0 Å². The standard InChI is InChI=1S/C31H36BFN2O/c1-4-9-22-10-8-13-27(20-22)35(31(36)24-11-6-5-7-12-24)30(32)28-19-16-25(21-29(28)33)23-14-17-26(18-15-23)34(2)3/h4,8-10,13-21,24,30H,5-7,11-12,32H2,1-3H3/b9-4+. The number of allylic oxidation sites excluding steroid dienone is 1. The zero-order valence-corrected chi connectivity index (χ0v) is 21.9. The van der Waals surface area contributed by atoms with E-state index in [9.17, 15) is 4.79 Å². The minimum atomic E-state index is -0.426. The van der Waals surface area contributed by atoms with Crippen molar-refractivity contribution in [2.75, 3.05) is 23.9 Å². The number of anilines is 2. The van der Waals surface area contributed by atoms with Crippen molar-refractivity contribution in [3.05, 3.63) is 89.8 Å². The molecule has 1 aliphatic rings. The molecular formula is C31H36BFN2O. The highest BCUT2D eigenvalue weighted by Crippen LogP contribution is 2.34. The molecule has 1 aliphatic carbocycles. The zero-order valence-electron chi connectivity index (χ0n) is 21.9. The summed E-state index contributed by atoms with van der Waals surface area (Å²) in [7, 11) is 5.94. The van der Waals surface area contributed by atoms with Crippen LogP contribution in [0.3, 0.4) is 0 Å². The zero-order chi connectivity index (χ0) is 25.7. The Morgan fingerprint density at radius 3 is 2.28 bits per heavy atom. The Morgan fingerprint density at radius 2 is 1.64 bits per heavy atom. The Balaban J connectivity index is 1.68. The van der Waals surface area contributed by atoms with Gasteiger partial charge in [0.25, 0.3) is 0 Å². The van der Waals surface area contributed by atoms with Gasteiger partial charge in [0.1, 0.15) is 13.7 Å². The predicted octanol–water partition coefficient (Wildman–Crippen LogP) is 6.84. The lowest BCUT2D eigenvalue weighted by Gasteiger charge is -2.35. The van der Waals surface area contributed by atoms with Crippen molar-refractivity contribution in [2.45, 2.75) is 45.0 Å². The maximum absolute atomic E-state index is 15.6. The molecule has 1 atom stereocenters. The molecule has 4 rings (SSSR count). The first kappa shape index (κ1) is 25.7. The molecule has 3 aromatic carbocycles. The van der Waals surface area contributed by atoms with Gasteiger partial charge in [-0.3, -0.25) is 4.79 Å². The molecule has 0 radical (unpaired) electrons. The Kier molecular flexibility index (Phi) is 8.30. The number of amides is 1. The van der Waals surface area contributed by atoms with Crippen LogP contribution in [0.15, 0.2) is 72.8 Å². The quantitative estimate of drug-likeness (QED) is 0.345. The fraction of sp³-hybridized carbons (Fsp3) is 0.323. The summed E-state index contributed by atoms with van der Waals surface area (Å²) >= 11 is 0. The van der Waals surface area contributed by atoms with Crippen LogP contribution < -0.4 is 9.80 Å². The number of carbonyl (C=O) groups excluding carboxylic acids is 1. The molecule has 3 nitrogen and oxygen atoms in total. The van der Waals surface area contributed by atoms with E-state index >= 15 is 4.39 Å². The van der Waals surface area contributed by atoms with Crippen LogP contribution in [0.25, 0.3) is 17.2 Å². The molecule has 0 saturated heterocycles. The summed E-state index contributed by atoms with van der Waals surface area (Å²) in [5.41, 5.74) is 5.27. The van der Waals surface area contributed by atoms with Crippen LogP contribution in [0.2, 0.25) is 0 Å². The van der Waals surface area contributed by atoms with E-state index in [2.05, 4.69) is 0 Å². The van der Waals surface area contributed by atoms with E-state index in [4.69, 9.17) is 0 Å². The molecule has 1 saturated carbocycles. The van der Waals surface area contributed by atoms with Crippen molar-refractivity contribution < 1.29 is 9.18 Å². The van der Waals surface area contributed by atoms with Crippen LogP contribution in [-0.4, -0.2) is 27.8 Å². The van der Waals surface area contributed by atoms with E-state index < -0.39 is 5.94 Å². The molecular weight excluding hydrogens is 446 g/mol. The van der Waals surface area contributed by atoms with Gasteiger partial charge in [-0.1, -0.05) is 67.8 Å². The van der Waals surface area contributed by atoms with Crippen molar-refractivity contribution in [1.82, 2.24) is 0 Å². The van der Waals surface area contributed by atoms with Crippen LogP contribution in [-0.2, 0) is 4.79 Å². The van der Waals surface area contributed by atoms with Crippen LogP contribution in [0, 0.1) is 11.7 Å². The van der Waals surface area contributed by atoms with Crippen LogP contribution in [0.1, 0.15) is 56.1 Å². The first-order valence-electron chi connectivity index (χ1n) is 13.0. The molecule has 0 N–H and O–H groups in total. The summed E-state index contributed by atoms with van der Waals surface area (Å²) in [6.45, 7) is 1.98. The second-order valence-corrected chi connectivity index (χ2v) is 9.99. The number of carbonyl (C=O) groups is 1. The summed E-state index contributed by atoms with van der Waals surface area (Å²) in [6.07, 6.45) is 9.15. The monoisotopic (exact) mass is 482 g/mol. The minimum absolute atomic E-state index is 0.0101. The normalized spacial score (nSPS) is 15.1. The Labute approximate surface area is 216 Å². The van der Waals surface area contributed by atoms with Crippen molar-refractivity contribution >= 4 is 31.2 Å². The van der Waals surface area contributed by atoms with Crippen molar-refractivity contribution in [2.24, 2.45) is 5.92 Å². The molecule has 0 aromatic heterocycles. The third-order valence-corrected chi connectivity index (χ3v) is 7.25. The van der Waals surface area contributed by atoms with E-state index in [1.54, 1.807) is 6.07 Å². The molecule has 36 heavy (non-hydrogen) atoms. The largest absolute Gasteiger partial charge is 0.378 e. The fourth-order valence-corrected chi connectivity index (χ4v) is 5.20.